The van der Waals surface area contributed by atoms with Crippen molar-refractivity contribution in [2.45, 2.75) is 30.8 Å². The van der Waals surface area contributed by atoms with Crippen LogP contribution in [0.25, 0.3) is 0 Å². The van der Waals surface area contributed by atoms with E-state index in [0.717, 1.165) is 0 Å². The van der Waals surface area contributed by atoms with Gasteiger partial charge in [-0.3, -0.25) is 9.59 Å². The second kappa shape index (κ2) is 7.90. The Bertz CT molecular complexity index is 544. The Morgan fingerprint density at radius 2 is 1.86 bits per heavy atom. The number of ether oxygens (including phenoxy) is 1. The molecule has 2 amide bonds. The lowest BCUT2D eigenvalue weighted by atomic mass is 10.2. The monoisotopic (exact) mass is 366 g/mol. The van der Waals surface area contributed by atoms with Crippen molar-refractivity contribution in [3.63, 3.8) is 0 Å². The van der Waals surface area contributed by atoms with Crippen LogP contribution in [0.1, 0.15) is 20.8 Å². The van der Waals surface area contributed by atoms with Gasteiger partial charge >= 0.3 is 0 Å². The summed E-state index contributed by atoms with van der Waals surface area (Å²) >= 11 is 17.5. The summed E-state index contributed by atoms with van der Waals surface area (Å²) in [5.41, 5.74) is 0.531. The van der Waals surface area contributed by atoms with Crippen LogP contribution in [0.5, 0.6) is 5.75 Å². The van der Waals surface area contributed by atoms with Crippen molar-refractivity contribution in [3.8, 4) is 5.75 Å². The summed E-state index contributed by atoms with van der Waals surface area (Å²) in [5, 5.41) is 5.13. The molecule has 2 N–H and O–H groups in total. The third-order valence-corrected chi connectivity index (χ3v) is 3.10. The second-order valence-electron chi connectivity index (χ2n) is 4.91. The topological polar surface area (TPSA) is 67.4 Å². The first-order valence-corrected chi connectivity index (χ1v) is 7.64. The second-order valence-corrected chi connectivity index (χ2v) is 7.28. The number of halogens is 3. The summed E-state index contributed by atoms with van der Waals surface area (Å²) in [6.45, 7) is 4.81. The first kappa shape index (κ1) is 18.9. The Morgan fingerprint density at radius 1 is 1.23 bits per heavy atom. The fraction of sp³-hybridized carbons (Fsp3) is 0.429. The molecule has 22 heavy (non-hydrogen) atoms. The number of anilines is 1. The normalized spacial score (nSPS) is 12.7. The average Bonchev–Trinajstić information content (AvgIpc) is 2.36. The van der Waals surface area contributed by atoms with E-state index in [2.05, 4.69) is 10.6 Å². The molecular weight excluding hydrogens is 351 g/mol. The van der Waals surface area contributed by atoms with Crippen LogP contribution in [-0.2, 0) is 9.59 Å². The van der Waals surface area contributed by atoms with Crippen LogP contribution in [0, 0.1) is 5.92 Å². The van der Waals surface area contributed by atoms with Crippen LogP contribution < -0.4 is 15.4 Å². The van der Waals surface area contributed by atoms with E-state index in [4.69, 9.17) is 39.5 Å². The summed E-state index contributed by atoms with van der Waals surface area (Å²) < 4.78 is 3.69. The molecule has 0 saturated carbocycles. The van der Waals surface area contributed by atoms with Crippen LogP contribution in [0.15, 0.2) is 24.3 Å². The van der Waals surface area contributed by atoms with Gasteiger partial charge in [0.2, 0.25) is 21.8 Å². The molecule has 1 aromatic rings. The van der Waals surface area contributed by atoms with E-state index in [9.17, 15) is 9.59 Å². The highest BCUT2D eigenvalue weighted by Gasteiger charge is 2.36. The van der Waals surface area contributed by atoms with Gasteiger partial charge in [0.05, 0.1) is 0 Å². The zero-order valence-corrected chi connectivity index (χ0v) is 14.6. The lowest BCUT2D eigenvalue weighted by molar-refractivity contribution is -0.126. The first-order valence-electron chi connectivity index (χ1n) is 6.51. The molecule has 0 aliphatic rings. The van der Waals surface area contributed by atoms with Gasteiger partial charge in [-0.25, -0.2) is 0 Å². The van der Waals surface area contributed by atoms with E-state index in [1.807, 2.05) is 0 Å². The van der Waals surface area contributed by atoms with Gasteiger partial charge in [0.1, 0.15) is 5.75 Å². The molecule has 0 aliphatic heterocycles. The maximum absolute atomic E-state index is 11.8. The Kier molecular flexibility index (Phi) is 6.78. The highest BCUT2D eigenvalue weighted by molar-refractivity contribution is 6.68. The number of carbonyl (C=O) groups is 2. The van der Waals surface area contributed by atoms with Gasteiger partial charge in [-0.1, -0.05) is 54.7 Å². The number of benzene rings is 1. The van der Waals surface area contributed by atoms with Crippen molar-refractivity contribution in [3.05, 3.63) is 24.3 Å². The molecular formula is C14H17Cl3N2O3. The van der Waals surface area contributed by atoms with E-state index < -0.39 is 10.0 Å². The van der Waals surface area contributed by atoms with Gasteiger partial charge in [-0.15, -0.1) is 0 Å². The van der Waals surface area contributed by atoms with Gasteiger partial charge in [-0.05, 0) is 12.1 Å². The van der Waals surface area contributed by atoms with Crippen molar-refractivity contribution in [1.82, 2.24) is 5.32 Å². The van der Waals surface area contributed by atoms with Crippen molar-refractivity contribution in [2.24, 2.45) is 5.92 Å². The highest BCUT2D eigenvalue weighted by atomic mass is 35.6. The van der Waals surface area contributed by atoms with Crippen LogP contribution in [-0.4, -0.2) is 21.8 Å². The third-order valence-electron chi connectivity index (χ3n) is 2.50. The molecule has 0 fully saturated rings. The van der Waals surface area contributed by atoms with Gasteiger partial charge in [-0.2, -0.15) is 0 Å². The number of carbonyl (C=O) groups excluding carboxylic acids is 2. The molecule has 1 rings (SSSR count). The maximum atomic E-state index is 11.8. The zero-order chi connectivity index (χ0) is 16.9. The van der Waals surface area contributed by atoms with Gasteiger partial charge in [0.25, 0.3) is 0 Å². The van der Waals surface area contributed by atoms with Crippen LogP contribution in [0.4, 0.5) is 5.69 Å². The minimum atomic E-state index is -1.85. The molecule has 0 heterocycles. The first-order chi connectivity index (χ1) is 10.1. The summed E-state index contributed by atoms with van der Waals surface area (Å²) in [6.07, 6.45) is -1.17. The lowest BCUT2D eigenvalue weighted by Gasteiger charge is -2.27. The number of hydrogen-bond acceptors (Lipinski definition) is 3. The van der Waals surface area contributed by atoms with Gasteiger partial charge < -0.3 is 15.4 Å². The number of rotatable bonds is 5. The Hall–Kier alpha value is -1.17. The number of alkyl halides is 3. The van der Waals surface area contributed by atoms with Crippen LogP contribution >= 0.6 is 34.8 Å². The van der Waals surface area contributed by atoms with Crippen LogP contribution in [0.2, 0.25) is 0 Å². The summed E-state index contributed by atoms with van der Waals surface area (Å²) in [5.74, 6) is -0.478. The SMILES string of the molecule is CC(=O)Nc1cccc(O[C@H](NC(=O)C(C)C)C(Cl)(Cl)Cl)c1. The van der Waals surface area contributed by atoms with Crippen molar-refractivity contribution < 1.29 is 14.3 Å². The molecule has 0 saturated heterocycles. The minimum absolute atomic E-state index is 0.219. The highest BCUT2D eigenvalue weighted by Crippen LogP contribution is 2.32. The predicted octanol–water partition coefficient (Wildman–Crippen LogP) is 3.49. The summed E-state index contributed by atoms with van der Waals surface area (Å²) in [4.78, 5) is 22.8. The third kappa shape index (κ3) is 6.30. The zero-order valence-electron chi connectivity index (χ0n) is 12.3. The molecule has 0 spiro atoms. The Morgan fingerprint density at radius 3 is 2.36 bits per heavy atom. The van der Waals surface area contributed by atoms with Crippen LogP contribution in [0.3, 0.4) is 0 Å². The van der Waals surface area contributed by atoms with E-state index in [1.54, 1.807) is 38.1 Å². The maximum Gasteiger partial charge on any atom is 0.246 e. The largest absolute Gasteiger partial charge is 0.466 e. The lowest BCUT2D eigenvalue weighted by Crippen LogP contribution is -2.49. The molecule has 1 atom stereocenters. The molecule has 5 nitrogen and oxygen atoms in total. The number of amides is 2. The number of nitrogens with one attached hydrogen (secondary N) is 2. The molecule has 0 unspecified atom stereocenters. The molecule has 122 valence electrons. The quantitative estimate of drug-likeness (QED) is 0.618. The molecule has 0 bridgehead atoms. The average molecular weight is 368 g/mol. The van der Waals surface area contributed by atoms with Crippen molar-refractivity contribution in [1.29, 1.82) is 0 Å². The van der Waals surface area contributed by atoms with E-state index in [-0.39, 0.29) is 17.7 Å². The summed E-state index contributed by atoms with van der Waals surface area (Å²) in [7, 11) is 0. The van der Waals surface area contributed by atoms with E-state index in [0.29, 0.717) is 11.4 Å². The molecule has 0 aliphatic carbocycles. The smallest absolute Gasteiger partial charge is 0.246 e. The fourth-order valence-corrected chi connectivity index (χ4v) is 1.76. The number of hydrogen-bond donors (Lipinski definition) is 2. The van der Waals surface area contributed by atoms with Gasteiger partial charge in [0.15, 0.2) is 0 Å². The molecule has 0 aromatic heterocycles. The molecule has 0 radical (unpaired) electrons. The van der Waals surface area contributed by atoms with E-state index >= 15 is 0 Å². The predicted molar refractivity (Wildman–Crippen MR) is 88.4 cm³/mol. The molecule has 8 heteroatoms. The molecule has 1 aromatic carbocycles. The Balaban J connectivity index is 2.90. The van der Waals surface area contributed by atoms with Crippen molar-refractivity contribution >= 4 is 52.3 Å². The Labute approximate surface area is 144 Å². The van der Waals surface area contributed by atoms with E-state index in [1.165, 1.54) is 6.92 Å². The van der Waals surface area contributed by atoms with Crippen molar-refractivity contribution in [2.75, 3.05) is 5.32 Å². The van der Waals surface area contributed by atoms with Gasteiger partial charge in [0, 0.05) is 24.6 Å². The fourth-order valence-electron chi connectivity index (χ4n) is 1.46. The standard InChI is InChI=1S/C14H17Cl3N2O3/c1-8(2)12(21)19-13(14(15,16)17)22-11-6-4-5-10(7-11)18-9(3)20/h4-8,13H,1-3H3,(H,18,20)(H,19,21)/t13-/m0/s1. The minimum Gasteiger partial charge on any atom is -0.466 e. The summed E-state index contributed by atoms with van der Waals surface area (Å²) in [6, 6.07) is 6.54.